The lowest BCUT2D eigenvalue weighted by Crippen LogP contribution is -2.45. The van der Waals surface area contributed by atoms with Crippen molar-refractivity contribution < 1.29 is 33.2 Å². The molecule has 1 aliphatic rings. The van der Waals surface area contributed by atoms with Gasteiger partial charge in [0.25, 0.3) is 11.8 Å². The van der Waals surface area contributed by atoms with E-state index in [-0.39, 0.29) is 23.6 Å². The number of aromatic nitrogens is 4. The Hall–Kier alpha value is -6.60. The molecule has 380 valence electrons. The number of amides is 4. The number of likely N-dealkylation sites (N-methyl/N-ethyl adjacent to an activating group) is 4. The quantitative estimate of drug-likeness (QED) is 0.0589. The molecule has 0 atom stereocenters. The van der Waals surface area contributed by atoms with E-state index >= 15 is 0 Å². The highest BCUT2D eigenvalue weighted by atomic mass is 32.1. The molecule has 2 N–H and O–H groups in total. The summed E-state index contributed by atoms with van der Waals surface area (Å²) in [5.74, 6) is 1.01. The number of nitrogens with zero attached hydrogens (tertiary/aromatic N) is 8. The third kappa shape index (κ3) is 14.1. The van der Waals surface area contributed by atoms with E-state index in [1.54, 1.807) is 68.7 Å². The summed E-state index contributed by atoms with van der Waals surface area (Å²) in [4.78, 5) is 76.5. The number of ether oxygens (including phenoxy) is 2. The average Bonchev–Trinajstić information content (AvgIpc) is 4.19. The maximum atomic E-state index is 14.0. The van der Waals surface area contributed by atoms with Gasteiger partial charge in [-0.1, -0.05) is 38.3 Å². The Bertz CT molecular complexity index is 2840. The Kier molecular flexibility index (Phi) is 18.6. The molecular formula is C54H67N10O6S2+. The fourth-order valence-corrected chi connectivity index (χ4v) is 10.1. The van der Waals surface area contributed by atoms with Crippen molar-refractivity contribution in [1.29, 1.82) is 0 Å². The molecule has 1 saturated carbocycles. The van der Waals surface area contributed by atoms with Gasteiger partial charge in [-0.05, 0) is 82.7 Å². The third-order valence-electron chi connectivity index (χ3n) is 12.7. The molecule has 4 aromatic heterocycles. The van der Waals surface area contributed by atoms with Crippen molar-refractivity contribution in [2.24, 2.45) is 5.92 Å². The van der Waals surface area contributed by atoms with E-state index in [0.29, 0.717) is 90.5 Å². The smallest absolute Gasteiger partial charge is 0.257 e. The van der Waals surface area contributed by atoms with Crippen LogP contribution in [0.2, 0.25) is 0 Å². The SMILES string of the molecule is CCCCC(=O)Nc1csc(-c2cncc(-c3ccc(C(=O)N(C)CCN(C)C[n+]4cc(-c5ccc(C(=O)N(C)CCN(C)C)c(OC)c5)nc(-c5cc(NC(=O)CC6CCCC6)cs5)c4)c(OC)c3)n2)c1. The Labute approximate surface area is 431 Å². The summed E-state index contributed by atoms with van der Waals surface area (Å²) >= 11 is 2.99. The van der Waals surface area contributed by atoms with Crippen molar-refractivity contribution in [3.05, 3.63) is 95.2 Å². The van der Waals surface area contributed by atoms with E-state index in [1.165, 1.54) is 35.5 Å². The Morgan fingerprint density at radius 3 is 1.82 bits per heavy atom. The predicted octanol–water partition coefficient (Wildman–Crippen LogP) is 8.91. The molecular weight excluding hydrogens is 949 g/mol. The summed E-state index contributed by atoms with van der Waals surface area (Å²) < 4.78 is 13.6. The summed E-state index contributed by atoms with van der Waals surface area (Å²) in [6.45, 7) is 4.78. The van der Waals surface area contributed by atoms with E-state index in [0.717, 1.165) is 64.5 Å². The first-order valence-electron chi connectivity index (χ1n) is 24.4. The van der Waals surface area contributed by atoms with Crippen molar-refractivity contribution in [3.63, 3.8) is 0 Å². The Morgan fingerprint density at radius 2 is 1.22 bits per heavy atom. The van der Waals surface area contributed by atoms with Crippen LogP contribution in [0.25, 0.3) is 43.7 Å². The van der Waals surface area contributed by atoms with Crippen molar-refractivity contribution in [3.8, 4) is 55.2 Å². The minimum atomic E-state index is -0.191. The molecule has 0 unspecified atom stereocenters. The number of rotatable bonds is 23. The van der Waals surface area contributed by atoms with E-state index in [9.17, 15) is 19.2 Å². The number of nitrogens with one attached hydrogen (secondary N) is 2. The molecule has 4 amide bonds. The lowest BCUT2D eigenvalue weighted by Gasteiger charge is -2.22. The minimum absolute atomic E-state index is 0.00804. The maximum absolute atomic E-state index is 14.0. The zero-order valence-electron chi connectivity index (χ0n) is 42.7. The highest BCUT2D eigenvalue weighted by molar-refractivity contribution is 7.14. The number of hydrogen-bond acceptors (Lipinski definition) is 13. The van der Waals surface area contributed by atoms with Gasteiger partial charge in [-0.15, -0.1) is 22.7 Å². The normalized spacial score (nSPS) is 12.6. The van der Waals surface area contributed by atoms with Crippen LogP contribution >= 0.6 is 22.7 Å². The van der Waals surface area contributed by atoms with Gasteiger partial charge >= 0.3 is 0 Å². The van der Waals surface area contributed by atoms with Gasteiger partial charge in [0, 0.05) is 75.0 Å². The number of benzene rings is 2. The molecule has 0 aliphatic heterocycles. The molecule has 0 saturated heterocycles. The molecule has 6 aromatic rings. The number of carbonyl (C=O) groups is 4. The number of anilines is 2. The van der Waals surface area contributed by atoms with Gasteiger partial charge in [0.15, 0.2) is 12.4 Å². The summed E-state index contributed by atoms with van der Waals surface area (Å²) in [5.41, 5.74) is 6.55. The van der Waals surface area contributed by atoms with Gasteiger partial charge < -0.3 is 34.8 Å². The monoisotopic (exact) mass is 1020 g/mol. The predicted molar refractivity (Wildman–Crippen MR) is 286 cm³/mol. The standard InChI is InChI=1S/C54H66N10O6S2/c1-9-10-15-51(65)56-39-27-49(71-33-39)44-30-55-29-43(58-44)37-16-18-41(47(25-37)69-7)54(68)63(6)23-21-61(4)35-64-31-45(38-17-19-42(48(26-38)70-8)53(67)62(5)22-20-60(2)3)59-46(32-64)50-28-40(34-72-50)57-52(66)24-36-13-11-12-14-36/h16-19,25-34,36H,9-15,20-24,35H2,1-8H3,(H-,56,57,65,66)/p+1. The van der Waals surface area contributed by atoms with E-state index in [2.05, 4.69) is 32.0 Å². The molecule has 0 spiro atoms. The fourth-order valence-electron chi connectivity index (χ4n) is 8.51. The van der Waals surface area contributed by atoms with Crippen LogP contribution in [0.5, 0.6) is 11.5 Å². The molecule has 2 aromatic carbocycles. The van der Waals surface area contributed by atoms with Crippen LogP contribution in [0.3, 0.4) is 0 Å². The topological polar surface area (TPSA) is 166 Å². The second-order valence-corrected chi connectivity index (χ2v) is 20.5. The highest BCUT2D eigenvalue weighted by Gasteiger charge is 2.24. The van der Waals surface area contributed by atoms with Crippen LogP contribution < -0.4 is 24.7 Å². The number of unbranched alkanes of at least 4 members (excludes halogenated alkanes) is 1. The van der Waals surface area contributed by atoms with Gasteiger partial charge in [0.1, 0.15) is 22.9 Å². The number of carbonyl (C=O) groups excluding carboxylic acids is 4. The molecule has 16 nitrogen and oxygen atoms in total. The fraction of sp³-hybridized carbons (Fsp3) is 0.407. The molecule has 72 heavy (non-hydrogen) atoms. The summed E-state index contributed by atoms with van der Waals surface area (Å²) in [6.07, 6.45) is 14.7. The first-order chi connectivity index (χ1) is 34.7. The van der Waals surface area contributed by atoms with Crippen molar-refractivity contribution in [2.45, 2.75) is 65.0 Å². The van der Waals surface area contributed by atoms with E-state index < -0.39 is 0 Å². The summed E-state index contributed by atoms with van der Waals surface area (Å²) in [6, 6.07) is 14.8. The van der Waals surface area contributed by atoms with Crippen LogP contribution in [0.4, 0.5) is 11.4 Å². The lowest BCUT2D eigenvalue weighted by atomic mass is 10.0. The van der Waals surface area contributed by atoms with Crippen molar-refractivity contribution >= 4 is 57.7 Å². The third-order valence-corrected chi connectivity index (χ3v) is 14.6. The zero-order chi connectivity index (χ0) is 51.3. The van der Waals surface area contributed by atoms with Crippen LogP contribution in [0, 0.1) is 5.92 Å². The van der Waals surface area contributed by atoms with Crippen molar-refractivity contribution in [2.75, 3.05) is 86.3 Å². The van der Waals surface area contributed by atoms with Gasteiger partial charge in [-0.2, -0.15) is 4.57 Å². The second kappa shape index (κ2) is 25.2. The molecule has 1 fully saturated rings. The molecule has 4 heterocycles. The van der Waals surface area contributed by atoms with Crippen molar-refractivity contribution in [1.82, 2.24) is 34.6 Å². The van der Waals surface area contributed by atoms with Gasteiger partial charge in [-0.25, -0.2) is 14.9 Å². The molecule has 0 bridgehead atoms. The number of methoxy groups -OCH3 is 2. The average molecular weight is 1020 g/mol. The Morgan fingerprint density at radius 1 is 0.681 bits per heavy atom. The van der Waals surface area contributed by atoms with Crippen LogP contribution in [0.15, 0.2) is 84.1 Å². The molecule has 1 aliphatic carbocycles. The number of hydrogen-bond donors (Lipinski definition) is 2. The summed E-state index contributed by atoms with van der Waals surface area (Å²) in [5, 5.41) is 9.92. The van der Waals surface area contributed by atoms with Gasteiger partial charge in [0.2, 0.25) is 18.5 Å². The number of thiophene rings is 2. The highest BCUT2D eigenvalue weighted by Crippen LogP contribution is 2.34. The first-order valence-corrected chi connectivity index (χ1v) is 26.2. The first kappa shape index (κ1) is 53.2. The lowest BCUT2D eigenvalue weighted by molar-refractivity contribution is -0.714. The van der Waals surface area contributed by atoms with Gasteiger partial charge in [-0.3, -0.25) is 24.2 Å². The minimum Gasteiger partial charge on any atom is -0.496 e. The molecule has 18 heteroatoms. The van der Waals surface area contributed by atoms with Crippen LogP contribution in [-0.4, -0.2) is 134 Å². The van der Waals surface area contributed by atoms with Gasteiger partial charge in [0.05, 0.1) is 70.3 Å². The second-order valence-electron chi connectivity index (χ2n) is 18.7. The van der Waals surface area contributed by atoms with Crippen LogP contribution in [0.1, 0.15) is 79.0 Å². The molecule has 0 radical (unpaired) electrons. The van der Waals surface area contributed by atoms with E-state index in [1.807, 2.05) is 79.5 Å². The zero-order valence-corrected chi connectivity index (χ0v) is 44.3. The Balaban J connectivity index is 1.05. The van der Waals surface area contributed by atoms with Crippen LogP contribution in [-0.2, 0) is 16.3 Å². The van der Waals surface area contributed by atoms with E-state index in [4.69, 9.17) is 19.4 Å². The maximum Gasteiger partial charge on any atom is 0.257 e. The largest absolute Gasteiger partial charge is 0.496 e. The molecule has 7 rings (SSSR count). The summed E-state index contributed by atoms with van der Waals surface area (Å²) in [7, 11) is 12.6.